The summed E-state index contributed by atoms with van der Waals surface area (Å²) in [6.07, 6.45) is 2.23. The van der Waals surface area contributed by atoms with Gasteiger partial charge >= 0.3 is 0 Å². The second kappa shape index (κ2) is 10.1. The first kappa shape index (κ1) is 21.0. The van der Waals surface area contributed by atoms with Gasteiger partial charge in [0.25, 0.3) is 0 Å². The highest BCUT2D eigenvalue weighted by molar-refractivity contribution is 5.94. The molecule has 0 spiro atoms. The van der Waals surface area contributed by atoms with Gasteiger partial charge in [0.1, 0.15) is 12.3 Å². The van der Waals surface area contributed by atoms with Crippen LogP contribution in [0.25, 0.3) is 11.4 Å². The second-order valence-corrected chi connectivity index (χ2v) is 6.62. The fraction of sp³-hybridized carbons (Fsp3) is 0.286. The molecule has 0 aliphatic rings. The van der Waals surface area contributed by atoms with E-state index in [0.29, 0.717) is 34.9 Å². The second-order valence-electron chi connectivity index (χ2n) is 6.62. The Kier molecular flexibility index (Phi) is 7.09. The zero-order chi connectivity index (χ0) is 21.3. The van der Waals surface area contributed by atoms with Gasteiger partial charge in [-0.25, -0.2) is 0 Å². The molecule has 1 aromatic heterocycles. The molecular weight excluding hydrogens is 384 g/mol. The Morgan fingerprint density at radius 2 is 1.80 bits per heavy atom. The van der Waals surface area contributed by atoms with Gasteiger partial charge < -0.3 is 15.4 Å². The van der Waals surface area contributed by atoms with Crippen molar-refractivity contribution in [1.82, 2.24) is 20.2 Å². The van der Waals surface area contributed by atoms with Gasteiger partial charge in [-0.1, -0.05) is 25.5 Å². The molecule has 0 saturated carbocycles. The predicted molar refractivity (Wildman–Crippen MR) is 113 cm³/mol. The highest BCUT2D eigenvalue weighted by Crippen LogP contribution is 2.24. The van der Waals surface area contributed by atoms with Crippen LogP contribution < -0.4 is 15.4 Å². The van der Waals surface area contributed by atoms with Crippen LogP contribution in [0, 0.1) is 0 Å². The zero-order valence-electron chi connectivity index (χ0n) is 17.0. The number of para-hydroxylation sites is 1. The molecule has 2 N–H and O–H groups in total. The van der Waals surface area contributed by atoms with E-state index in [2.05, 4.69) is 26.0 Å². The van der Waals surface area contributed by atoms with E-state index in [1.54, 1.807) is 43.5 Å². The molecule has 156 valence electrons. The van der Waals surface area contributed by atoms with Crippen LogP contribution in [-0.2, 0) is 16.1 Å². The molecule has 0 atom stereocenters. The highest BCUT2D eigenvalue weighted by Gasteiger charge is 2.14. The van der Waals surface area contributed by atoms with Crippen LogP contribution in [0.3, 0.4) is 0 Å². The summed E-state index contributed by atoms with van der Waals surface area (Å²) in [7, 11) is 1.58. The molecule has 0 radical (unpaired) electrons. The van der Waals surface area contributed by atoms with Crippen LogP contribution in [0.1, 0.15) is 26.2 Å². The van der Waals surface area contributed by atoms with Gasteiger partial charge in [0.15, 0.2) is 0 Å². The van der Waals surface area contributed by atoms with Crippen molar-refractivity contribution in [3.05, 3.63) is 48.5 Å². The molecule has 0 aliphatic heterocycles. The lowest BCUT2D eigenvalue weighted by molar-refractivity contribution is -0.117. The summed E-state index contributed by atoms with van der Waals surface area (Å²) in [5.41, 5.74) is 1.89. The number of nitrogens with one attached hydrogen (secondary N) is 2. The summed E-state index contributed by atoms with van der Waals surface area (Å²) in [5.74, 6) is 0.690. The normalized spacial score (nSPS) is 10.5. The number of benzene rings is 2. The first-order valence-corrected chi connectivity index (χ1v) is 9.70. The number of unbranched alkanes of at least 4 members (excludes halogenated alkanes) is 1. The summed E-state index contributed by atoms with van der Waals surface area (Å²) in [6, 6.07) is 14.2. The molecule has 2 aromatic carbocycles. The first-order chi connectivity index (χ1) is 14.6. The average molecular weight is 408 g/mol. The fourth-order valence-corrected chi connectivity index (χ4v) is 2.76. The topological polar surface area (TPSA) is 111 Å². The molecule has 9 heteroatoms. The molecule has 0 unspecified atom stereocenters. The van der Waals surface area contributed by atoms with Crippen LogP contribution in [0.2, 0.25) is 0 Å². The molecular formula is C21H24N6O3. The number of aromatic nitrogens is 4. The molecule has 0 fully saturated rings. The highest BCUT2D eigenvalue weighted by atomic mass is 16.5. The van der Waals surface area contributed by atoms with E-state index < -0.39 is 0 Å². The summed E-state index contributed by atoms with van der Waals surface area (Å²) < 4.78 is 5.10. The van der Waals surface area contributed by atoms with Gasteiger partial charge in [-0.3, -0.25) is 9.59 Å². The van der Waals surface area contributed by atoms with Gasteiger partial charge in [0.2, 0.25) is 17.6 Å². The molecule has 1 heterocycles. The third-order valence-corrected chi connectivity index (χ3v) is 4.31. The predicted octanol–water partition coefficient (Wildman–Crippen LogP) is 3.12. The van der Waals surface area contributed by atoms with Gasteiger partial charge in [-0.15, -0.1) is 10.2 Å². The number of methoxy groups -OCH3 is 1. The van der Waals surface area contributed by atoms with Crippen LogP contribution in [0.5, 0.6) is 5.75 Å². The quantitative estimate of drug-likeness (QED) is 0.563. The number of amides is 2. The van der Waals surface area contributed by atoms with Gasteiger partial charge in [0, 0.05) is 17.7 Å². The Balaban J connectivity index is 1.65. The summed E-state index contributed by atoms with van der Waals surface area (Å²) in [4.78, 5) is 25.6. The van der Waals surface area contributed by atoms with Gasteiger partial charge in [-0.05, 0) is 48.0 Å². The van der Waals surface area contributed by atoms with Crippen molar-refractivity contribution in [3.63, 3.8) is 0 Å². The third kappa shape index (κ3) is 5.63. The molecule has 3 rings (SSSR count). The maximum Gasteiger partial charge on any atom is 0.248 e. The molecule has 0 saturated heterocycles. The zero-order valence-corrected chi connectivity index (χ0v) is 17.0. The number of carbonyl (C=O) groups is 2. The van der Waals surface area contributed by atoms with Gasteiger partial charge in [0.05, 0.1) is 12.8 Å². The van der Waals surface area contributed by atoms with Crippen LogP contribution in [0.15, 0.2) is 48.5 Å². The maximum absolute atomic E-state index is 12.3. The Hall–Kier alpha value is -3.75. The summed E-state index contributed by atoms with van der Waals surface area (Å²) in [6.45, 7) is 1.94. The van der Waals surface area contributed by atoms with Crippen LogP contribution in [0.4, 0.5) is 11.4 Å². The molecule has 9 nitrogen and oxygen atoms in total. The third-order valence-electron chi connectivity index (χ3n) is 4.31. The van der Waals surface area contributed by atoms with Crippen molar-refractivity contribution < 1.29 is 14.3 Å². The first-order valence-electron chi connectivity index (χ1n) is 9.70. The van der Waals surface area contributed by atoms with E-state index in [1.807, 2.05) is 19.1 Å². The van der Waals surface area contributed by atoms with E-state index in [4.69, 9.17) is 4.74 Å². The summed E-state index contributed by atoms with van der Waals surface area (Å²) in [5, 5.41) is 17.9. The van der Waals surface area contributed by atoms with Crippen LogP contribution in [-0.4, -0.2) is 39.1 Å². The van der Waals surface area contributed by atoms with E-state index in [-0.39, 0.29) is 18.4 Å². The van der Waals surface area contributed by atoms with E-state index in [0.717, 1.165) is 12.8 Å². The van der Waals surface area contributed by atoms with Crippen molar-refractivity contribution in [3.8, 4) is 17.1 Å². The van der Waals surface area contributed by atoms with Crippen molar-refractivity contribution >= 4 is 23.2 Å². The molecule has 2 amide bonds. The minimum absolute atomic E-state index is 0.0597. The lowest BCUT2D eigenvalue weighted by Crippen LogP contribution is -2.20. The number of rotatable bonds is 9. The Morgan fingerprint density at radius 3 is 2.53 bits per heavy atom. The minimum atomic E-state index is -0.287. The number of anilines is 2. The minimum Gasteiger partial charge on any atom is -0.497 e. The monoisotopic (exact) mass is 408 g/mol. The SMILES string of the molecule is CCCCC(=O)Nc1ccccc1-c1nnn(CC(=O)Nc2ccc(OC)cc2)n1. The van der Waals surface area contributed by atoms with E-state index in [1.165, 1.54) is 4.80 Å². The Morgan fingerprint density at radius 1 is 1.03 bits per heavy atom. The van der Waals surface area contributed by atoms with Crippen LogP contribution >= 0.6 is 0 Å². The van der Waals surface area contributed by atoms with Crippen molar-refractivity contribution in [2.75, 3.05) is 17.7 Å². The molecule has 0 aliphatic carbocycles. The Bertz CT molecular complexity index is 1000. The smallest absolute Gasteiger partial charge is 0.248 e. The Labute approximate surface area is 174 Å². The number of nitrogens with zero attached hydrogens (tertiary/aromatic N) is 4. The lowest BCUT2D eigenvalue weighted by Gasteiger charge is -2.08. The van der Waals surface area contributed by atoms with Gasteiger partial charge in [-0.2, -0.15) is 4.80 Å². The van der Waals surface area contributed by atoms with E-state index >= 15 is 0 Å². The summed E-state index contributed by atoms with van der Waals surface area (Å²) >= 11 is 0. The lowest BCUT2D eigenvalue weighted by atomic mass is 10.1. The number of ether oxygens (including phenoxy) is 1. The maximum atomic E-state index is 12.3. The standard InChI is InChI=1S/C21H24N6O3/c1-3-4-9-19(28)23-18-8-6-5-7-17(18)21-24-26-27(25-21)14-20(29)22-15-10-12-16(30-2)13-11-15/h5-8,10-13H,3-4,9,14H2,1-2H3,(H,22,29)(H,23,28). The van der Waals surface area contributed by atoms with Crippen molar-refractivity contribution in [2.45, 2.75) is 32.7 Å². The molecule has 30 heavy (non-hydrogen) atoms. The van der Waals surface area contributed by atoms with Crippen molar-refractivity contribution in [2.24, 2.45) is 0 Å². The largest absolute Gasteiger partial charge is 0.497 e. The fourth-order valence-electron chi connectivity index (χ4n) is 2.76. The number of hydrogen-bond acceptors (Lipinski definition) is 6. The average Bonchev–Trinajstić information content (AvgIpc) is 3.21. The number of tetrazole rings is 1. The molecule has 0 bridgehead atoms. The molecule has 3 aromatic rings. The van der Waals surface area contributed by atoms with Crippen molar-refractivity contribution in [1.29, 1.82) is 0 Å². The number of carbonyl (C=O) groups excluding carboxylic acids is 2. The van der Waals surface area contributed by atoms with E-state index in [9.17, 15) is 9.59 Å². The number of hydrogen-bond donors (Lipinski definition) is 2.